The number of methoxy groups -OCH3 is 2. The van der Waals surface area contributed by atoms with Gasteiger partial charge in [-0.2, -0.15) is 0 Å². The highest BCUT2D eigenvalue weighted by atomic mass is 79.9. The van der Waals surface area contributed by atoms with Gasteiger partial charge < -0.3 is 14.8 Å². The number of nitrogens with one attached hydrogen (secondary N) is 1. The molecule has 0 saturated heterocycles. The van der Waals surface area contributed by atoms with Crippen LogP contribution in [0.1, 0.15) is 10.6 Å². The van der Waals surface area contributed by atoms with Crippen molar-refractivity contribution >= 4 is 21.8 Å². The van der Waals surface area contributed by atoms with Gasteiger partial charge in [0.1, 0.15) is 5.75 Å². The summed E-state index contributed by atoms with van der Waals surface area (Å²) in [7, 11) is 3.19. The molecule has 0 fully saturated rings. The summed E-state index contributed by atoms with van der Waals surface area (Å²) >= 11 is 3.43. The second kappa shape index (κ2) is 8.79. The molecule has 2 aromatic carbocycles. The van der Waals surface area contributed by atoms with Crippen LogP contribution < -0.4 is 10.1 Å². The van der Waals surface area contributed by atoms with Crippen LogP contribution in [0.3, 0.4) is 0 Å². The van der Waals surface area contributed by atoms with Crippen LogP contribution >= 0.6 is 15.9 Å². The number of hydrogen-bond donors (Lipinski definition) is 1. The van der Waals surface area contributed by atoms with Crippen molar-refractivity contribution < 1.29 is 14.3 Å². The van der Waals surface area contributed by atoms with Crippen LogP contribution in [-0.2, 0) is 4.74 Å². The number of carbonyl (C=O) groups is 1. The van der Waals surface area contributed by atoms with E-state index in [4.69, 9.17) is 9.47 Å². The van der Waals surface area contributed by atoms with E-state index < -0.39 is 0 Å². The van der Waals surface area contributed by atoms with Crippen LogP contribution in [0.2, 0.25) is 0 Å². The number of rotatable bonds is 7. The van der Waals surface area contributed by atoms with Crippen molar-refractivity contribution in [1.29, 1.82) is 0 Å². The van der Waals surface area contributed by atoms with E-state index in [9.17, 15) is 4.79 Å². The smallest absolute Gasteiger partial charge is 0.291 e. The molecule has 1 heterocycles. The fourth-order valence-corrected chi connectivity index (χ4v) is 2.71. The molecule has 0 bridgehead atoms. The number of carbonyl (C=O) groups excluding carboxylic acids is 1. The maximum atomic E-state index is 12.4. The zero-order valence-corrected chi connectivity index (χ0v) is 16.6. The molecule has 7 nitrogen and oxygen atoms in total. The van der Waals surface area contributed by atoms with Gasteiger partial charge in [0.15, 0.2) is 5.82 Å². The Morgan fingerprint density at radius 2 is 1.81 bits per heavy atom. The molecule has 0 atom stereocenters. The molecule has 0 unspecified atom stereocenters. The molecular formula is C19H19BrN4O3. The van der Waals surface area contributed by atoms with Crippen LogP contribution in [0, 0.1) is 0 Å². The van der Waals surface area contributed by atoms with Gasteiger partial charge in [0, 0.05) is 23.7 Å². The van der Waals surface area contributed by atoms with Crippen LogP contribution in [0.15, 0.2) is 53.0 Å². The third-order valence-electron chi connectivity index (χ3n) is 3.82. The van der Waals surface area contributed by atoms with Gasteiger partial charge in [0.05, 0.1) is 19.4 Å². The van der Waals surface area contributed by atoms with E-state index in [2.05, 4.69) is 31.3 Å². The van der Waals surface area contributed by atoms with E-state index >= 15 is 0 Å². The van der Waals surface area contributed by atoms with Crippen molar-refractivity contribution in [2.75, 3.05) is 27.4 Å². The average molecular weight is 431 g/mol. The van der Waals surface area contributed by atoms with E-state index in [1.165, 1.54) is 0 Å². The molecule has 0 aliphatic rings. The molecule has 3 rings (SSSR count). The van der Waals surface area contributed by atoms with Crippen molar-refractivity contribution in [3.8, 4) is 22.8 Å². The summed E-state index contributed by atoms with van der Waals surface area (Å²) in [6.07, 6.45) is 0. The molecule has 140 valence electrons. The minimum Gasteiger partial charge on any atom is -0.497 e. The number of nitrogens with zero attached hydrogens (tertiary/aromatic N) is 3. The van der Waals surface area contributed by atoms with Crippen molar-refractivity contribution in [1.82, 2.24) is 20.1 Å². The molecule has 1 aromatic heterocycles. The molecule has 0 saturated carbocycles. The summed E-state index contributed by atoms with van der Waals surface area (Å²) in [6.45, 7) is 0.810. The minimum absolute atomic E-state index is 0.0971. The van der Waals surface area contributed by atoms with Crippen LogP contribution in [0.5, 0.6) is 5.75 Å². The highest BCUT2D eigenvalue weighted by Crippen LogP contribution is 2.24. The summed E-state index contributed by atoms with van der Waals surface area (Å²) in [4.78, 5) is 16.8. The van der Waals surface area contributed by atoms with Gasteiger partial charge in [0.2, 0.25) is 5.82 Å². The average Bonchev–Trinajstić information content (AvgIpc) is 3.14. The SMILES string of the molecule is COCCNC(=O)c1nc(-c2ccc(Br)cc2)n(-c2ccc(OC)cc2)n1. The molecule has 1 N–H and O–H groups in total. The van der Waals surface area contributed by atoms with E-state index in [1.54, 1.807) is 18.9 Å². The lowest BCUT2D eigenvalue weighted by Gasteiger charge is -2.07. The number of aromatic nitrogens is 3. The quantitative estimate of drug-likeness (QED) is 0.582. The molecule has 0 aliphatic carbocycles. The summed E-state index contributed by atoms with van der Waals surface area (Å²) in [5.74, 6) is 1.06. The Balaban J connectivity index is 2.00. The van der Waals surface area contributed by atoms with Crippen molar-refractivity contribution in [3.05, 3.63) is 58.8 Å². The normalized spacial score (nSPS) is 10.6. The lowest BCUT2D eigenvalue weighted by atomic mass is 10.2. The first kappa shape index (κ1) is 19.1. The summed E-state index contributed by atoms with van der Waals surface area (Å²) < 4.78 is 12.8. The van der Waals surface area contributed by atoms with E-state index in [0.29, 0.717) is 19.0 Å². The third-order valence-corrected chi connectivity index (χ3v) is 4.35. The number of benzene rings is 2. The molecule has 0 aliphatic heterocycles. The van der Waals surface area contributed by atoms with Crippen molar-refractivity contribution in [2.24, 2.45) is 0 Å². The van der Waals surface area contributed by atoms with Crippen LogP contribution in [0.25, 0.3) is 17.1 Å². The number of ether oxygens (including phenoxy) is 2. The Labute approximate surface area is 165 Å². The molecule has 27 heavy (non-hydrogen) atoms. The van der Waals surface area contributed by atoms with Crippen molar-refractivity contribution in [3.63, 3.8) is 0 Å². The first-order chi connectivity index (χ1) is 13.1. The zero-order chi connectivity index (χ0) is 19.2. The monoisotopic (exact) mass is 430 g/mol. The first-order valence-corrected chi connectivity index (χ1v) is 9.06. The van der Waals surface area contributed by atoms with Crippen LogP contribution in [-0.4, -0.2) is 48.0 Å². The Kier molecular flexibility index (Phi) is 6.20. The number of halogens is 1. The minimum atomic E-state index is -0.349. The molecule has 1 amide bonds. The van der Waals surface area contributed by atoms with Gasteiger partial charge in [0.25, 0.3) is 5.91 Å². The summed E-state index contributed by atoms with van der Waals surface area (Å²) in [6, 6.07) is 15.1. The topological polar surface area (TPSA) is 78.3 Å². The lowest BCUT2D eigenvalue weighted by molar-refractivity contribution is 0.0927. The van der Waals surface area contributed by atoms with Crippen LogP contribution in [0.4, 0.5) is 0 Å². The second-order valence-corrected chi connectivity index (χ2v) is 6.54. The largest absolute Gasteiger partial charge is 0.497 e. The van der Waals surface area contributed by atoms with E-state index in [-0.39, 0.29) is 11.7 Å². The second-order valence-electron chi connectivity index (χ2n) is 5.62. The predicted octanol–water partition coefficient (Wildman–Crippen LogP) is 3.08. The third kappa shape index (κ3) is 4.53. The van der Waals surface area contributed by atoms with E-state index in [1.807, 2.05) is 48.5 Å². The Morgan fingerprint density at radius 1 is 1.11 bits per heavy atom. The Bertz CT molecular complexity index is 908. The van der Waals surface area contributed by atoms with Gasteiger partial charge >= 0.3 is 0 Å². The zero-order valence-electron chi connectivity index (χ0n) is 15.0. The standard InChI is InChI=1S/C19H19BrN4O3/c1-26-12-11-21-19(25)17-22-18(13-3-5-14(20)6-4-13)24(23-17)15-7-9-16(27-2)10-8-15/h3-10H,11-12H2,1-2H3,(H,21,25). The summed E-state index contributed by atoms with van der Waals surface area (Å²) in [5, 5.41) is 7.15. The van der Waals surface area contributed by atoms with Gasteiger partial charge in [-0.3, -0.25) is 4.79 Å². The Hall–Kier alpha value is -2.71. The van der Waals surface area contributed by atoms with Crippen molar-refractivity contribution in [2.45, 2.75) is 0 Å². The fourth-order valence-electron chi connectivity index (χ4n) is 2.44. The number of amides is 1. The maximum absolute atomic E-state index is 12.4. The molecular weight excluding hydrogens is 412 g/mol. The molecule has 0 radical (unpaired) electrons. The van der Waals surface area contributed by atoms with Gasteiger partial charge in [-0.15, -0.1) is 5.10 Å². The van der Waals surface area contributed by atoms with Gasteiger partial charge in [-0.1, -0.05) is 28.1 Å². The van der Waals surface area contributed by atoms with Gasteiger partial charge in [-0.05, 0) is 36.4 Å². The van der Waals surface area contributed by atoms with E-state index in [0.717, 1.165) is 21.5 Å². The number of hydrogen-bond acceptors (Lipinski definition) is 5. The summed E-state index contributed by atoms with van der Waals surface area (Å²) in [5.41, 5.74) is 1.62. The fraction of sp³-hybridized carbons (Fsp3) is 0.211. The molecule has 8 heteroatoms. The van der Waals surface area contributed by atoms with Gasteiger partial charge in [-0.25, -0.2) is 9.67 Å². The predicted molar refractivity (Wildman–Crippen MR) is 105 cm³/mol. The highest BCUT2D eigenvalue weighted by Gasteiger charge is 2.18. The molecule has 3 aromatic rings. The highest BCUT2D eigenvalue weighted by molar-refractivity contribution is 9.10. The first-order valence-electron chi connectivity index (χ1n) is 8.27. The molecule has 0 spiro atoms. The Morgan fingerprint density at radius 3 is 2.44 bits per heavy atom. The lowest BCUT2D eigenvalue weighted by Crippen LogP contribution is -2.28. The maximum Gasteiger partial charge on any atom is 0.291 e.